The van der Waals surface area contributed by atoms with Gasteiger partial charge in [-0.25, -0.2) is 9.37 Å². The molecule has 1 heterocycles. The standard InChI is InChI=1S/C14H22FN3O2/c1-5-16-12-11(7-10(15)8-17-12)13(19)18(6-2)9-14(3,4)20/h7-8,20H,5-6,9H2,1-4H3,(H,16,17). The first-order valence-electron chi connectivity index (χ1n) is 6.69. The van der Waals surface area contributed by atoms with Crippen LogP contribution in [0.2, 0.25) is 0 Å². The molecule has 0 unspecified atom stereocenters. The van der Waals surface area contributed by atoms with Crippen LogP contribution in [-0.4, -0.2) is 46.1 Å². The molecule has 6 heteroatoms. The van der Waals surface area contributed by atoms with E-state index in [1.807, 2.05) is 13.8 Å². The molecule has 112 valence electrons. The van der Waals surface area contributed by atoms with Gasteiger partial charge < -0.3 is 15.3 Å². The zero-order valence-electron chi connectivity index (χ0n) is 12.4. The minimum atomic E-state index is -1.01. The Balaban J connectivity index is 3.08. The van der Waals surface area contributed by atoms with Crippen LogP contribution >= 0.6 is 0 Å². The van der Waals surface area contributed by atoms with Gasteiger partial charge in [-0.2, -0.15) is 0 Å². The van der Waals surface area contributed by atoms with Crippen LogP contribution in [0.5, 0.6) is 0 Å². The Morgan fingerprint density at radius 3 is 2.65 bits per heavy atom. The quantitative estimate of drug-likeness (QED) is 0.836. The number of nitrogens with one attached hydrogen (secondary N) is 1. The van der Waals surface area contributed by atoms with Gasteiger partial charge in [0.1, 0.15) is 11.6 Å². The number of rotatable bonds is 6. The zero-order valence-corrected chi connectivity index (χ0v) is 12.4. The SMILES string of the molecule is CCNc1ncc(F)cc1C(=O)N(CC)CC(C)(C)O. The van der Waals surface area contributed by atoms with Crippen molar-refractivity contribution in [1.82, 2.24) is 9.88 Å². The van der Waals surface area contributed by atoms with Crippen molar-refractivity contribution < 1.29 is 14.3 Å². The second kappa shape index (κ2) is 6.65. The van der Waals surface area contributed by atoms with Crippen LogP contribution in [-0.2, 0) is 0 Å². The molecule has 0 atom stereocenters. The average molecular weight is 283 g/mol. The summed E-state index contributed by atoms with van der Waals surface area (Å²) in [6.07, 6.45) is 1.07. The van der Waals surface area contributed by atoms with Gasteiger partial charge in [-0.3, -0.25) is 4.79 Å². The smallest absolute Gasteiger partial charge is 0.257 e. The third kappa shape index (κ3) is 4.45. The molecule has 1 rings (SSSR count). The summed E-state index contributed by atoms with van der Waals surface area (Å²) < 4.78 is 13.3. The molecule has 2 N–H and O–H groups in total. The molecule has 0 radical (unpaired) electrons. The number of hydrogen-bond donors (Lipinski definition) is 2. The van der Waals surface area contributed by atoms with Crippen molar-refractivity contribution >= 4 is 11.7 Å². The van der Waals surface area contributed by atoms with Gasteiger partial charge in [0.2, 0.25) is 0 Å². The first-order valence-corrected chi connectivity index (χ1v) is 6.69. The summed E-state index contributed by atoms with van der Waals surface area (Å²) in [6, 6.07) is 1.17. The summed E-state index contributed by atoms with van der Waals surface area (Å²) in [5.41, 5.74) is -0.830. The lowest BCUT2D eigenvalue weighted by atomic mass is 10.1. The summed E-state index contributed by atoms with van der Waals surface area (Å²) >= 11 is 0. The highest BCUT2D eigenvalue weighted by atomic mass is 19.1. The van der Waals surface area contributed by atoms with Crippen molar-refractivity contribution in [1.29, 1.82) is 0 Å². The van der Waals surface area contributed by atoms with E-state index in [1.165, 1.54) is 11.0 Å². The van der Waals surface area contributed by atoms with Crippen LogP contribution in [0.3, 0.4) is 0 Å². The van der Waals surface area contributed by atoms with E-state index in [2.05, 4.69) is 10.3 Å². The number of likely N-dealkylation sites (N-methyl/N-ethyl adjacent to an activating group) is 1. The van der Waals surface area contributed by atoms with E-state index in [4.69, 9.17) is 0 Å². The summed E-state index contributed by atoms with van der Waals surface area (Å²) in [5.74, 6) is -0.556. The number of aromatic nitrogens is 1. The Kier molecular flexibility index (Phi) is 5.44. The summed E-state index contributed by atoms with van der Waals surface area (Å²) in [6.45, 7) is 8.10. The van der Waals surface area contributed by atoms with Gasteiger partial charge in [-0.15, -0.1) is 0 Å². The highest BCUT2D eigenvalue weighted by Gasteiger charge is 2.24. The number of anilines is 1. The summed E-state index contributed by atoms with van der Waals surface area (Å²) in [5, 5.41) is 12.8. The first kappa shape index (κ1) is 16.4. The predicted octanol–water partition coefficient (Wildman–Crippen LogP) is 1.89. The number of pyridine rings is 1. The summed E-state index contributed by atoms with van der Waals surface area (Å²) in [4.78, 5) is 17.8. The molecule has 0 spiro atoms. The minimum Gasteiger partial charge on any atom is -0.389 e. The molecule has 0 bridgehead atoms. The monoisotopic (exact) mass is 283 g/mol. The number of aliphatic hydroxyl groups is 1. The van der Waals surface area contributed by atoms with E-state index in [9.17, 15) is 14.3 Å². The number of carbonyl (C=O) groups excluding carboxylic acids is 1. The fourth-order valence-electron chi connectivity index (χ4n) is 1.88. The topological polar surface area (TPSA) is 65.5 Å². The van der Waals surface area contributed by atoms with E-state index in [0.29, 0.717) is 18.9 Å². The molecular weight excluding hydrogens is 261 g/mol. The van der Waals surface area contributed by atoms with Gasteiger partial charge in [0.05, 0.1) is 17.4 Å². The largest absolute Gasteiger partial charge is 0.389 e. The molecule has 5 nitrogen and oxygen atoms in total. The lowest BCUT2D eigenvalue weighted by Gasteiger charge is -2.28. The number of nitrogens with zero attached hydrogens (tertiary/aromatic N) is 2. The zero-order chi connectivity index (χ0) is 15.3. The maximum Gasteiger partial charge on any atom is 0.257 e. The lowest BCUT2D eigenvalue weighted by molar-refractivity contribution is 0.0315. The maximum atomic E-state index is 13.3. The first-order chi connectivity index (χ1) is 9.28. The van der Waals surface area contributed by atoms with Crippen LogP contribution in [0.25, 0.3) is 0 Å². The second-order valence-electron chi connectivity index (χ2n) is 5.21. The molecule has 1 amide bonds. The van der Waals surface area contributed by atoms with E-state index in [0.717, 1.165) is 6.20 Å². The molecule has 0 aliphatic heterocycles. The molecule has 0 saturated heterocycles. The lowest BCUT2D eigenvalue weighted by Crippen LogP contribution is -2.42. The van der Waals surface area contributed by atoms with Gasteiger partial charge in [-0.1, -0.05) is 0 Å². The van der Waals surface area contributed by atoms with Crippen LogP contribution in [0.15, 0.2) is 12.3 Å². The van der Waals surface area contributed by atoms with E-state index >= 15 is 0 Å². The van der Waals surface area contributed by atoms with E-state index in [1.54, 1.807) is 13.8 Å². The maximum absolute atomic E-state index is 13.3. The van der Waals surface area contributed by atoms with Crippen LogP contribution in [0.1, 0.15) is 38.1 Å². The minimum absolute atomic E-state index is 0.171. The Morgan fingerprint density at radius 2 is 2.15 bits per heavy atom. The van der Waals surface area contributed by atoms with Crippen LogP contribution in [0, 0.1) is 5.82 Å². The number of amides is 1. The molecule has 1 aromatic rings. The summed E-state index contributed by atoms with van der Waals surface area (Å²) in [7, 11) is 0. The van der Waals surface area contributed by atoms with Crippen molar-refractivity contribution in [3.8, 4) is 0 Å². The Bertz CT molecular complexity index is 472. The average Bonchev–Trinajstić information content (AvgIpc) is 2.36. The predicted molar refractivity (Wildman–Crippen MR) is 76.2 cm³/mol. The normalized spacial score (nSPS) is 11.3. The molecule has 0 aromatic carbocycles. The highest BCUT2D eigenvalue weighted by molar-refractivity contribution is 5.98. The fourth-order valence-corrected chi connectivity index (χ4v) is 1.88. The molecule has 1 aromatic heterocycles. The Hall–Kier alpha value is -1.69. The van der Waals surface area contributed by atoms with Crippen molar-refractivity contribution in [2.75, 3.05) is 25.0 Å². The van der Waals surface area contributed by atoms with Gasteiger partial charge in [0, 0.05) is 19.6 Å². The van der Waals surface area contributed by atoms with Gasteiger partial charge in [-0.05, 0) is 33.8 Å². The molecule has 0 aliphatic carbocycles. The van der Waals surface area contributed by atoms with Crippen molar-refractivity contribution in [3.63, 3.8) is 0 Å². The van der Waals surface area contributed by atoms with Crippen molar-refractivity contribution in [2.45, 2.75) is 33.3 Å². The van der Waals surface area contributed by atoms with Crippen LogP contribution < -0.4 is 5.32 Å². The number of carbonyl (C=O) groups is 1. The molecular formula is C14H22FN3O2. The van der Waals surface area contributed by atoms with Crippen molar-refractivity contribution in [2.24, 2.45) is 0 Å². The molecule has 20 heavy (non-hydrogen) atoms. The van der Waals surface area contributed by atoms with E-state index < -0.39 is 11.4 Å². The second-order valence-corrected chi connectivity index (χ2v) is 5.21. The third-order valence-corrected chi connectivity index (χ3v) is 2.68. The third-order valence-electron chi connectivity index (χ3n) is 2.68. The fraction of sp³-hybridized carbons (Fsp3) is 0.571. The number of hydrogen-bond acceptors (Lipinski definition) is 4. The molecule has 0 saturated carbocycles. The van der Waals surface area contributed by atoms with E-state index in [-0.39, 0.29) is 18.0 Å². The molecule has 0 fully saturated rings. The van der Waals surface area contributed by atoms with Gasteiger partial charge >= 0.3 is 0 Å². The Labute approximate surface area is 118 Å². The van der Waals surface area contributed by atoms with Crippen molar-refractivity contribution in [3.05, 3.63) is 23.6 Å². The van der Waals surface area contributed by atoms with Gasteiger partial charge in [0.25, 0.3) is 5.91 Å². The Morgan fingerprint density at radius 1 is 1.50 bits per heavy atom. The van der Waals surface area contributed by atoms with Gasteiger partial charge in [0.15, 0.2) is 0 Å². The molecule has 0 aliphatic rings. The van der Waals surface area contributed by atoms with Crippen LogP contribution in [0.4, 0.5) is 10.2 Å². The highest BCUT2D eigenvalue weighted by Crippen LogP contribution is 2.17. The number of halogens is 1.